The van der Waals surface area contributed by atoms with Crippen LogP contribution < -0.4 is 18.6 Å². The van der Waals surface area contributed by atoms with Gasteiger partial charge in [-0.15, -0.1) is 10.2 Å². The summed E-state index contributed by atoms with van der Waals surface area (Å²) < 4.78 is 35.3. The molecule has 0 N–H and O–H groups in total. The number of fused-ring (bicyclic) bond motifs is 2. The predicted octanol–water partition coefficient (Wildman–Crippen LogP) is 1.12. The Morgan fingerprint density at radius 3 is 2.32 bits per heavy atom. The minimum absolute atomic E-state index is 1.04. The summed E-state index contributed by atoms with van der Waals surface area (Å²) in [5.74, 6) is 0. The Hall–Kier alpha value is -1.51. The van der Waals surface area contributed by atoms with E-state index in [9.17, 15) is 0 Å². The van der Waals surface area contributed by atoms with E-state index in [0.29, 0.717) is 0 Å². The molecule has 1 aliphatic rings. The van der Waals surface area contributed by atoms with Crippen molar-refractivity contribution in [3.63, 3.8) is 0 Å². The highest BCUT2D eigenvalue weighted by atomic mass is 35.7. The lowest BCUT2D eigenvalue weighted by Gasteiger charge is -2.17. The Bertz CT molecular complexity index is 916. The first-order chi connectivity index (χ1) is 11.9. The van der Waals surface area contributed by atoms with Crippen LogP contribution in [0.5, 0.6) is 0 Å². The van der Waals surface area contributed by atoms with Crippen LogP contribution in [0.15, 0.2) is 71.0 Å². The summed E-state index contributed by atoms with van der Waals surface area (Å²) in [6.07, 6.45) is 1.04. The Morgan fingerprint density at radius 1 is 0.840 bits per heavy atom. The molecule has 0 unspecified atom stereocenters. The van der Waals surface area contributed by atoms with Gasteiger partial charge in [-0.2, -0.15) is 0 Å². The highest BCUT2D eigenvalue weighted by Gasteiger charge is 2.19. The van der Waals surface area contributed by atoms with Gasteiger partial charge in [-0.1, -0.05) is 42.1 Å². The highest BCUT2D eigenvalue weighted by molar-refractivity contribution is 8.02. The maximum Gasteiger partial charge on any atom is 0.238 e. The molecular formula is C18H13ClO4S2. The third-order valence-corrected chi connectivity index (χ3v) is 5.82. The molecule has 4 nitrogen and oxygen atoms in total. The molecule has 0 amide bonds. The molecule has 3 aromatic rings. The van der Waals surface area contributed by atoms with E-state index in [1.54, 1.807) is 0 Å². The fraction of sp³-hybridized carbons (Fsp3) is 0.0556. The number of benzene rings is 2. The smallest absolute Gasteiger partial charge is 0.222 e. The van der Waals surface area contributed by atoms with Crippen molar-refractivity contribution in [3.8, 4) is 0 Å². The van der Waals surface area contributed by atoms with Crippen molar-refractivity contribution in [1.82, 2.24) is 0 Å². The summed E-state index contributed by atoms with van der Waals surface area (Å²) in [6.45, 7) is 0. The second-order valence-electron chi connectivity index (χ2n) is 5.26. The Kier molecular flexibility index (Phi) is 5.71. The lowest BCUT2D eigenvalue weighted by molar-refractivity contribution is -2.00. The van der Waals surface area contributed by atoms with Crippen molar-refractivity contribution in [2.24, 2.45) is 0 Å². The lowest BCUT2D eigenvalue weighted by atomic mass is 10.0. The van der Waals surface area contributed by atoms with Crippen LogP contribution in [0.1, 0.15) is 10.4 Å². The average Bonchev–Trinajstić information content (AvgIpc) is 2.59. The van der Waals surface area contributed by atoms with Gasteiger partial charge >= 0.3 is 0 Å². The quantitative estimate of drug-likeness (QED) is 0.578. The second kappa shape index (κ2) is 7.80. The van der Waals surface area contributed by atoms with Gasteiger partial charge in [-0.05, 0) is 29.2 Å². The second-order valence-corrected chi connectivity index (χ2v) is 8.01. The summed E-state index contributed by atoms with van der Waals surface area (Å²) in [5.41, 5.74) is 2.87. The van der Waals surface area contributed by atoms with Crippen molar-refractivity contribution in [1.29, 1.82) is 0 Å². The first-order valence-electron chi connectivity index (χ1n) is 7.28. The van der Waals surface area contributed by atoms with Gasteiger partial charge in [0.2, 0.25) is 20.9 Å². The van der Waals surface area contributed by atoms with Gasteiger partial charge in [0, 0.05) is 34.4 Å². The van der Waals surface area contributed by atoms with E-state index in [2.05, 4.69) is 66.1 Å². The summed E-state index contributed by atoms with van der Waals surface area (Å²) >= 11 is 3.73. The average molecular weight is 393 g/mol. The summed E-state index contributed by atoms with van der Waals surface area (Å²) in [6, 6.07) is 21.8. The van der Waals surface area contributed by atoms with Gasteiger partial charge < -0.3 is 0 Å². The Labute approximate surface area is 155 Å². The third kappa shape index (κ3) is 5.23. The molecule has 1 aromatic heterocycles. The minimum atomic E-state index is -4.94. The monoisotopic (exact) mass is 392 g/mol. The number of thioether (sulfide) groups is 1. The molecule has 4 rings (SSSR count). The molecule has 0 atom stereocenters. The van der Waals surface area contributed by atoms with Gasteiger partial charge in [0.1, 0.15) is 0 Å². The van der Waals surface area contributed by atoms with Crippen molar-refractivity contribution in [3.05, 3.63) is 76.5 Å². The van der Waals surface area contributed by atoms with E-state index >= 15 is 0 Å². The Balaban J connectivity index is 0.000000324. The molecule has 25 heavy (non-hydrogen) atoms. The van der Waals surface area contributed by atoms with Crippen molar-refractivity contribution in [2.45, 2.75) is 11.3 Å². The maximum atomic E-state index is 8.49. The number of hydrogen-bond acceptors (Lipinski definition) is 5. The molecule has 2 aromatic carbocycles. The number of allylic oxidation sites excluding steroid dienone is 1. The number of halogens is 1. The van der Waals surface area contributed by atoms with Crippen LogP contribution in [0, 0.1) is 10.2 Å². The van der Waals surface area contributed by atoms with E-state index in [0.717, 1.165) is 6.42 Å². The molecule has 0 aliphatic carbocycles. The molecule has 0 spiro atoms. The summed E-state index contributed by atoms with van der Waals surface area (Å²) in [7, 11) is -4.94. The zero-order valence-electron chi connectivity index (χ0n) is 12.9. The van der Waals surface area contributed by atoms with Crippen LogP contribution in [0.4, 0.5) is 0 Å². The van der Waals surface area contributed by atoms with Gasteiger partial charge in [0.15, 0.2) is 0 Å². The van der Waals surface area contributed by atoms with Crippen molar-refractivity contribution < 1.29 is 28.9 Å². The Morgan fingerprint density at radius 2 is 1.52 bits per heavy atom. The summed E-state index contributed by atoms with van der Waals surface area (Å²) in [5, 5.41) is 3.63. The van der Waals surface area contributed by atoms with Crippen LogP contribution >= 0.6 is 23.1 Å². The van der Waals surface area contributed by atoms with E-state index in [4.69, 9.17) is 18.6 Å². The first kappa shape index (κ1) is 18.3. The largest absolute Gasteiger partial charge is 0.238 e. The van der Waals surface area contributed by atoms with Crippen LogP contribution in [0.25, 0.3) is 15.7 Å². The topological polar surface area (TPSA) is 92.2 Å². The van der Waals surface area contributed by atoms with E-state index in [1.165, 1.54) is 31.0 Å². The minimum Gasteiger partial charge on any atom is -0.222 e. The summed E-state index contributed by atoms with van der Waals surface area (Å²) in [4.78, 5) is 2.77. The molecule has 0 saturated heterocycles. The van der Waals surface area contributed by atoms with Crippen molar-refractivity contribution in [2.75, 3.05) is 0 Å². The van der Waals surface area contributed by atoms with Gasteiger partial charge in [0.05, 0.1) is 0 Å². The normalized spacial score (nSPS) is 13.5. The van der Waals surface area contributed by atoms with Crippen molar-refractivity contribution >= 4 is 38.8 Å². The number of hydrogen-bond donors (Lipinski definition) is 0. The first-order valence-corrected chi connectivity index (χ1v) is 10.2. The number of rotatable bonds is 1. The molecule has 128 valence electrons. The molecule has 0 fully saturated rings. The molecule has 0 radical (unpaired) electrons. The molecule has 7 heteroatoms. The molecule has 0 saturated carbocycles. The SMILES string of the molecule is C1=C(c2ccc3ccccc3[s+]2)Cc2ccccc2S1.[O-][Cl+3]([O-])([O-])[O-]. The van der Waals surface area contributed by atoms with E-state index in [-0.39, 0.29) is 0 Å². The standard InChI is InChI=1S/C18H13S2.ClHO4/c1-4-8-17-13(5-1)9-10-18(20-17)15-11-14-6-2-3-7-16(14)19-12-15;2-1(3,4)5/h1-10,12H,11H2;(H,2,3,4,5)/q+1;/p-1. The zero-order valence-corrected chi connectivity index (χ0v) is 15.3. The van der Waals surface area contributed by atoms with Gasteiger partial charge in [-0.25, -0.2) is 18.6 Å². The maximum absolute atomic E-state index is 8.49. The zero-order chi connectivity index (χ0) is 17.9. The lowest BCUT2D eigenvalue weighted by Crippen LogP contribution is -2.68. The fourth-order valence-electron chi connectivity index (χ4n) is 2.49. The van der Waals surface area contributed by atoms with E-state index in [1.807, 2.05) is 23.1 Å². The van der Waals surface area contributed by atoms with Crippen LogP contribution in [0.2, 0.25) is 0 Å². The van der Waals surface area contributed by atoms with Gasteiger partial charge in [0.25, 0.3) is 0 Å². The van der Waals surface area contributed by atoms with Crippen LogP contribution in [0.3, 0.4) is 0 Å². The molecule has 0 bridgehead atoms. The van der Waals surface area contributed by atoms with Crippen LogP contribution in [-0.4, -0.2) is 0 Å². The van der Waals surface area contributed by atoms with Gasteiger partial charge in [-0.3, -0.25) is 0 Å². The predicted molar refractivity (Wildman–Crippen MR) is 90.2 cm³/mol. The fourth-order valence-corrected chi connectivity index (χ4v) is 4.53. The molecular weight excluding hydrogens is 380 g/mol. The third-order valence-electron chi connectivity index (χ3n) is 3.55. The molecule has 1 aliphatic heterocycles. The highest BCUT2D eigenvalue weighted by Crippen LogP contribution is 2.38. The van der Waals surface area contributed by atoms with Crippen LogP contribution in [-0.2, 0) is 6.42 Å². The molecule has 2 heterocycles. The van der Waals surface area contributed by atoms with E-state index < -0.39 is 10.2 Å².